The van der Waals surface area contributed by atoms with E-state index in [9.17, 15) is 4.79 Å². The lowest BCUT2D eigenvalue weighted by atomic mass is 9.87. The number of hydrogen-bond acceptors (Lipinski definition) is 2. The maximum Gasteiger partial charge on any atom is 0.193 e. The third-order valence-corrected chi connectivity index (χ3v) is 4.66. The summed E-state index contributed by atoms with van der Waals surface area (Å²) < 4.78 is 0. The van der Waals surface area contributed by atoms with Gasteiger partial charge in [0.05, 0.1) is 11.6 Å². The highest BCUT2D eigenvalue weighted by atomic mass is 16.1. The number of ketones is 1. The van der Waals surface area contributed by atoms with Gasteiger partial charge in [-0.15, -0.1) is 0 Å². The van der Waals surface area contributed by atoms with Crippen LogP contribution in [-0.4, -0.2) is 10.8 Å². The highest BCUT2D eigenvalue weighted by molar-refractivity contribution is 6.08. The molecule has 0 radical (unpaired) electrons. The molecule has 2 heteroatoms. The third-order valence-electron chi connectivity index (χ3n) is 4.66. The van der Waals surface area contributed by atoms with Crippen molar-refractivity contribution in [1.82, 2.24) is 4.98 Å². The summed E-state index contributed by atoms with van der Waals surface area (Å²) >= 11 is 0. The molecular weight excluding hydrogens is 330 g/mol. The number of rotatable bonds is 5. The third kappa shape index (κ3) is 3.70. The van der Waals surface area contributed by atoms with Gasteiger partial charge < -0.3 is 0 Å². The molecule has 0 N–H and O–H groups in total. The van der Waals surface area contributed by atoms with E-state index in [4.69, 9.17) is 0 Å². The van der Waals surface area contributed by atoms with Gasteiger partial charge in [-0.2, -0.15) is 0 Å². The van der Waals surface area contributed by atoms with Crippen molar-refractivity contribution in [1.29, 1.82) is 0 Å². The van der Waals surface area contributed by atoms with Crippen molar-refractivity contribution in [2.45, 2.75) is 5.92 Å². The van der Waals surface area contributed by atoms with Crippen LogP contribution in [0.3, 0.4) is 0 Å². The van der Waals surface area contributed by atoms with Crippen LogP contribution < -0.4 is 0 Å². The number of carbonyl (C=O) groups is 1. The summed E-state index contributed by atoms with van der Waals surface area (Å²) in [6.07, 6.45) is 1.82. The van der Waals surface area contributed by atoms with Crippen LogP contribution in [-0.2, 0) is 0 Å². The summed E-state index contributed by atoms with van der Waals surface area (Å²) in [5.74, 6) is 0.0736. The molecule has 4 aromatic rings. The summed E-state index contributed by atoms with van der Waals surface area (Å²) in [6.45, 7) is 0. The summed E-state index contributed by atoms with van der Waals surface area (Å²) in [7, 11) is 0. The first-order chi connectivity index (χ1) is 13.3. The number of benzene rings is 3. The smallest absolute Gasteiger partial charge is 0.193 e. The summed E-state index contributed by atoms with van der Waals surface area (Å²) in [5.41, 5.74) is 4.68. The van der Waals surface area contributed by atoms with Crippen molar-refractivity contribution in [2.24, 2.45) is 0 Å². The van der Waals surface area contributed by atoms with Crippen molar-refractivity contribution in [2.75, 3.05) is 0 Å². The van der Waals surface area contributed by atoms with Gasteiger partial charge >= 0.3 is 0 Å². The molecule has 2 nitrogen and oxygen atoms in total. The summed E-state index contributed by atoms with van der Waals surface area (Å²) in [4.78, 5) is 17.2. The maximum absolute atomic E-state index is 12.7. The number of nitrogens with zero attached hydrogens (tertiary/aromatic N) is 1. The Morgan fingerprint density at radius 2 is 1.15 bits per heavy atom. The van der Waals surface area contributed by atoms with E-state index in [1.54, 1.807) is 0 Å². The highest BCUT2D eigenvalue weighted by Crippen LogP contribution is 2.30. The van der Waals surface area contributed by atoms with Gasteiger partial charge in [-0.1, -0.05) is 91.0 Å². The maximum atomic E-state index is 12.7. The standard InChI is InChI=1S/C25H19NO/c27-25(21-11-5-2-6-12-21)22-16-14-20(15-17-22)24(19-9-3-1-4-10-19)23-13-7-8-18-26-23/h1-18,24H. The Hall–Kier alpha value is -3.52. The van der Waals surface area contributed by atoms with Crippen LogP contribution in [0.4, 0.5) is 0 Å². The molecule has 0 bridgehead atoms. The second kappa shape index (κ2) is 7.79. The van der Waals surface area contributed by atoms with E-state index in [0.29, 0.717) is 11.1 Å². The van der Waals surface area contributed by atoms with Gasteiger partial charge in [-0.3, -0.25) is 9.78 Å². The van der Waals surface area contributed by atoms with Crippen LogP contribution >= 0.6 is 0 Å². The van der Waals surface area contributed by atoms with E-state index in [2.05, 4.69) is 17.1 Å². The molecule has 0 aliphatic carbocycles. The zero-order chi connectivity index (χ0) is 18.5. The van der Waals surface area contributed by atoms with Crippen LogP contribution in [0.25, 0.3) is 0 Å². The lowest BCUT2D eigenvalue weighted by Gasteiger charge is -2.18. The molecule has 130 valence electrons. The van der Waals surface area contributed by atoms with Crippen molar-refractivity contribution in [3.05, 3.63) is 137 Å². The minimum Gasteiger partial charge on any atom is -0.289 e. The fourth-order valence-corrected chi connectivity index (χ4v) is 3.31. The first-order valence-electron chi connectivity index (χ1n) is 8.98. The predicted octanol–water partition coefficient (Wildman–Crippen LogP) is 5.49. The van der Waals surface area contributed by atoms with E-state index in [1.807, 2.05) is 97.2 Å². The largest absolute Gasteiger partial charge is 0.289 e. The summed E-state index contributed by atoms with van der Waals surface area (Å²) in [6, 6.07) is 33.5. The monoisotopic (exact) mass is 349 g/mol. The van der Waals surface area contributed by atoms with E-state index in [0.717, 1.165) is 11.3 Å². The second-order valence-corrected chi connectivity index (χ2v) is 6.42. The Kier molecular flexibility index (Phi) is 4.88. The van der Waals surface area contributed by atoms with Gasteiger partial charge in [0.15, 0.2) is 5.78 Å². The van der Waals surface area contributed by atoms with E-state index in [1.165, 1.54) is 5.56 Å². The summed E-state index contributed by atoms with van der Waals surface area (Å²) in [5, 5.41) is 0. The van der Waals surface area contributed by atoms with Crippen molar-refractivity contribution >= 4 is 5.78 Å². The van der Waals surface area contributed by atoms with Gasteiger partial charge in [0.25, 0.3) is 0 Å². The highest BCUT2D eigenvalue weighted by Gasteiger charge is 2.18. The molecule has 3 aromatic carbocycles. The fourth-order valence-electron chi connectivity index (χ4n) is 3.31. The molecule has 0 amide bonds. The molecule has 1 aromatic heterocycles. The van der Waals surface area contributed by atoms with Crippen LogP contribution in [0.5, 0.6) is 0 Å². The molecule has 0 aliphatic heterocycles. The number of carbonyl (C=O) groups excluding carboxylic acids is 1. The topological polar surface area (TPSA) is 30.0 Å². The Balaban J connectivity index is 1.70. The SMILES string of the molecule is O=C(c1ccccc1)c1ccc(C(c2ccccc2)c2ccccn2)cc1. The first-order valence-corrected chi connectivity index (χ1v) is 8.98. The first kappa shape index (κ1) is 16.9. The van der Waals surface area contributed by atoms with Crippen LogP contribution in [0.15, 0.2) is 109 Å². The van der Waals surface area contributed by atoms with E-state index < -0.39 is 0 Å². The van der Waals surface area contributed by atoms with E-state index in [-0.39, 0.29) is 11.7 Å². The van der Waals surface area contributed by atoms with Gasteiger partial charge in [-0.05, 0) is 23.3 Å². The predicted molar refractivity (Wildman–Crippen MR) is 108 cm³/mol. The van der Waals surface area contributed by atoms with Crippen LogP contribution in [0.1, 0.15) is 38.7 Å². The van der Waals surface area contributed by atoms with Gasteiger partial charge in [-0.25, -0.2) is 0 Å². The molecule has 0 saturated heterocycles. The minimum absolute atomic E-state index is 0.0354. The quantitative estimate of drug-likeness (QED) is 0.446. The molecule has 0 fully saturated rings. The van der Waals surface area contributed by atoms with Crippen LogP contribution in [0, 0.1) is 0 Å². The van der Waals surface area contributed by atoms with Crippen molar-refractivity contribution < 1.29 is 4.79 Å². The molecule has 4 rings (SSSR count). The van der Waals surface area contributed by atoms with Crippen molar-refractivity contribution in [3.63, 3.8) is 0 Å². The van der Waals surface area contributed by atoms with E-state index >= 15 is 0 Å². The Bertz CT molecular complexity index is 971. The molecule has 1 unspecified atom stereocenters. The number of pyridine rings is 1. The molecular formula is C25H19NO. The Morgan fingerprint density at radius 3 is 1.78 bits per heavy atom. The average molecular weight is 349 g/mol. The van der Waals surface area contributed by atoms with Gasteiger partial charge in [0.2, 0.25) is 0 Å². The minimum atomic E-state index is 0.0354. The van der Waals surface area contributed by atoms with Crippen LogP contribution in [0.2, 0.25) is 0 Å². The Labute approximate surface area is 159 Å². The lowest BCUT2D eigenvalue weighted by Crippen LogP contribution is -2.06. The molecule has 1 heterocycles. The lowest BCUT2D eigenvalue weighted by molar-refractivity contribution is 0.103. The van der Waals surface area contributed by atoms with Crippen molar-refractivity contribution in [3.8, 4) is 0 Å². The zero-order valence-corrected chi connectivity index (χ0v) is 14.8. The molecule has 0 spiro atoms. The molecule has 0 aliphatic rings. The zero-order valence-electron chi connectivity index (χ0n) is 14.8. The van der Waals surface area contributed by atoms with Gasteiger partial charge in [0.1, 0.15) is 0 Å². The molecule has 27 heavy (non-hydrogen) atoms. The fraction of sp³-hybridized carbons (Fsp3) is 0.0400. The molecule has 0 saturated carbocycles. The normalized spacial score (nSPS) is 11.7. The molecule has 1 atom stereocenters. The van der Waals surface area contributed by atoms with Gasteiger partial charge in [0, 0.05) is 17.3 Å². The number of hydrogen-bond donors (Lipinski definition) is 0. The number of aromatic nitrogens is 1. The second-order valence-electron chi connectivity index (χ2n) is 6.42. The average Bonchev–Trinajstić information content (AvgIpc) is 2.76. The Morgan fingerprint density at radius 1 is 0.593 bits per heavy atom.